The van der Waals surface area contributed by atoms with Crippen LogP contribution in [-0.4, -0.2) is 47.0 Å². The third-order valence-electron chi connectivity index (χ3n) is 4.47. The van der Waals surface area contributed by atoms with E-state index in [4.69, 9.17) is 21.4 Å². The molecule has 124 valence electrons. The number of rotatable bonds is 5. The Kier molecular flexibility index (Phi) is 4.71. The topological polar surface area (TPSA) is 58.5 Å². The third kappa shape index (κ3) is 3.01. The summed E-state index contributed by atoms with van der Waals surface area (Å²) in [5.74, 6) is 1.29. The van der Waals surface area contributed by atoms with Gasteiger partial charge < -0.3 is 14.7 Å². The summed E-state index contributed by atoms with van der Waals surface area (Å²) < 4.78 is 5.63. The first-order chi connectivity index (χ1) is 11.0. The number of aromatic nitrogens is 2. The predicted octanol–water partition coefficient (Wildman–Crippen LogP) is 2.99. The van der Waals surface area contributed by atoms with Crippen molar-refractivity contribution in [3.63, 3.8) is 0 Å². The molecule has 3 rings (SSSR count). The van der Waals surface area contributed by atoms with Gasteiger partial charge in [0.25, 0.3) is 0 Å². The van der Waals surface area contributed by atoms with E-state index in [9.17, 15) is 0 Å². The van der Waals surface area contributed by atoms with Crippen molar-refractivity contribution in [2.75, 3.05) is 24.7 Å². The van der Waals surface area contributed by atoms with Crippen LogP contribution in [0.15, 0.2) is 18.5 Å². The van der Waals surface area contributed by atoms with Crippen molar-refractivity contribution in [2.24, 2.45) is 0 Å². The molecule has 3 heterocycles. The highest BCUT2D eigenvalue weighted by molar-refractivity contribution is 6.30. The van der Waals surface area contributed by atoms with Crippen molar-refractivity contribution in [1.29, 1.82) is 0 Å². The second-order valence-corrected chi connectivity index (χ2v) is 6.66. The highest BCUT2D eigenvalue weighted by Gasteiger charge is 2.38. The van der Waals surface area contributed by atoms with Crippen LogP contribution in [0, 0.1) is 0 Å². The minimum absolute atomic E-state index is 0.0515. The molecule has 0 spiro atoms. The molecule has 1 aliphatic rings. The molecular weight excluding hydrogens is 314 g/mol. The average Bonchev–Trinajstić information content (AvgIpc) is 2.52. The van der Waals surface area contributed by atoms with Crippen molar-refractivity contribution in [1.82, 2.24) is 9.97 Å². The van der Waals surface area contributed by atoms with Crippen LogP contribution in [-0.2, 0) is 4.74 Å². The highest BCUT2D eigenvalue weighted by atomic mass is 35.5. The van der Waals surface area contributed by atoms with Gasteiger partial charge in [-0.2, -0.15) is 0 Å². The van der Waals surface area contributed by atoms with Crippen LogP contribution in [0.1, 0.15) is 32.3 Å². The molecule has 6 heteroatoms. The van der Waals surface area contributed by atoms with Gasteiger partial charge in [-0.3, -0.25) is 0 Å². The third-order valence-corrected chi connectivity index (χ3v) is 4.68. The first kappa shape index (κ1) is 16.4. The van der Waals surface area contributed by atoms with E-state index in [-0.39, 0.29) is 18.8 Å². The van der Waals surface area contributed by atoms with E-state index in [0.717, 1.165) is 23.1 Å². The molecule has 0 aliphatic carbocycles. The van der Waals surface area contributed by atoms with Crippen molar-refractivity contribution >= 4 is 28.2 Å². The van der Waals surface area contributed by atoms with Crippen LogP contribution >= 0.6 is 11.6 Å². The van der Waals surface area contributed by atoms with E-state index in [0.29, 0.717) is 17.7 Å². The van der Waals surface area contributed by atoms with Gasteiger partial charge in [0.2, 0.25) is 0 Å². The Bertz CT molecular complexity index is 708. The minimum Gasteiger partial charge on any atom is -0.394 e. The van der Waals surface area contributed by atoms with Gasteiger partial charge in [0.05, 0.1) is 25.4 Å². The van der Waals surface area contributed by atoms with E-state index in [1.807, 2.05) is 12.3 Å². The van der Waals surface area contributed by atoms with E-state index < -0.39 is 0 Å². The first-order valence-electron chi connectivity index (χ1n) is 7.96. The fourth-order valence-electron chi connectivity index (χ4n) is 3.06. The second-order valence-electron chi connectivity index (χ2n) is 6.27. The maximum Gasteiger partial charge on any atom is 0.138 e. The van der Waals surface area contributed by atoms with Crippen LogP contribution in [0.25, 0.3) is 10.8 Å². The molecule has 0 aromatic carbocycles. The fraction of sp³-hybridized carbons (Fsp3) is 0.529. The molecule has 0 radical (unpaired) electrons. The number of aliphatic hydroxyl groups excluding tert-OH is 1. The Morgan fingerprint density at radius 1 is 1.35 bits per heavy atom. The van der Waals surface area contributed by atoms with E-state index in [1.54, 1.807) is 6.20 Å². The summed E-state index contributed by atoms with van der Waals surface area (Å²) in [6, 6.07) is 2.14. The zero-order chi connectivity index (χ0) is 16.6. The largest absolute Gasteiger partial charge is 0.394 e. The number of hydrogen-bond acceptors (Lipinski definition) is 5. The quantitative estimate of drug-likeness (QED) is 0.851. The summed E-state index contributed by atoms with van der Waals surface area (Å²) in [6.07, 6.45) is 3.87. The molecule has 5 nitrogen and oxygen atoms in total. The number of halogens is 1. The van der Waals surface area contributed by atoms with Crippen LogP contribution in [0.3, 0.4) is 0 Å². The maximum atomic E-state index is 8.88. The molecule has 1 aliphatic heterocycles. The number of fused-ring (bicyclic) bond motifs is 1. The van der Waals surface area contributed by atoms with Gasteiger partial charge >= 0.3 is 0 Å². The number of aliphatic hydroxyl groups is 1. The van der Waals surface area contributed by atoms with Crippen LogP contribution < -0.4 is 4.90 Å². The predicted molar refractivity (Wildman–Crippen MR) is 92.3 cm³/mol. The van der Waals surface area contributed by atoms with E-state index >= 15 is 0 Å². The SMILES string of the molecule is CC(C)c1cnc(N2C[C@H](OCCO)[C@H]2C)c2cnc(Cl)cc12. The highest BCUT2D eigenvalue weighted by Crippen LogP contribution is 2.36. The van der Waals surface area contributed by atoms with E-state index in [2.05, 4.69) is 35.6 Å². The molecule has 23 heavy (non-hydrogen) atoms. The number of hydrogen-bond donors (Lipinski definition) is 1. The Morgan fingerprint density at radius 2 is 2.13 bits per heavy atom. The monoisotopic (exact) mass is 335 g/mol. The fourth-order valence-corrected chi connectivity index (χ4v) is 3.21. The summed E-state index contributed by atoms with van der Waals surface area (Å²) >= 11 is 6.10. The summed E-state index contributed by atoms with van der Waals surface area (Å²) in [6.45, 7) is 7.60. The molecule has 2 aromatic heterocycles. The van der Waals surface area contributed by atoms with Crippen molar-refractivity contribution in [3.8, 4) is 0 Å². The average molecular weight is 336 g/mol. The van der Waals surface area contributed by atoms with Gasteiger partial charge in [-0.05, 0) is 29.9 Å². The van der Waals surface area contributed by atoms with Gasteiger partial charge in [0.15, 0.2) is 0 Å². The standard InChI is InChI=1S/C17H22ClN3O2/c1-10(2)13-7-20-17(14-8-19-16(18)6-12(13)14)21-9-15(11(21)3)23-5-4-22/h6-8,10-11,15,22H,4-5,9H2,1-3H3/t11-,15+/m1/s1. The number of pyridine rings is 2. The molecule has 0 bridgehead atoms. The molecule has 2 aromatic rings. The second kappa shape index (κ2) is 6.59. The molecule has 0 unspecified atom stereocenters. The first-order valence-corrected chi connectivity index (χ1v) is 8.34. The molecule has 1 saturated heterocycles. The molecule has 0 saturated carbocycles. The lowest BCUT2D eigenvalue weighted by atomic mass is 9.96. The Balaban J connectivity index is 1.95. The number of nitrogens with zero attached hydrogens (tertiary/aromatic N) is 3. The van der Waals surface area contributed by atoms with E-state index in [1.165, 1.54) is 5.56 Å². The zero-order valence-electron chi connectivity index (χ0n) is 13.7. The van der Waals surface area contributed by atoms with Crippen LogP contribution in [0.4, 0.5) is 5.82 Å². The van der Waals surface area contributed by atoms with Gasteiger partial charge in [-0.15, -0.1) is 0 Å². The van der Waals surface area contributed by atoms with Crippen LogP contribution in [0.2, 0.25) is 5.15 Å². The number of ether oxygens (including phenoxy) is 1. The lowest BCUT2D eigenvalue weighted by molar-refractivity contribution is -0.00971. The Morgan fingerprint density at radius 3 is 2.78 bits per heavy atom. The van der Waals surface area contributed by atoms with Gasteiger partial charge in [-0.25, -0.2) is 9.97 Å². The molecule has 1 fully saturated rings. The summed E-state index contributed by atoms with van der Waals surface area (Å²) in [4.78, 5) is 11.1. The van der Waals surface area contributed by atoms with Gasteiger partial charge in [0.1, 0.15) is 11.0 Å². The lowest BCUT2D eigenvalue weighted by Gasteiger charge is -2.47. The number of anilines is 1. The summed E-state index contributed by atoms with van der Waals surface area (Å²) in [5, 5.41) is 11.5. The summed E-state index contributed by atoms with van der Waals surface area (Å²) in [7, 11) is 0. The Hall–Kier alpha value is -1.43. The maximum absolute atomic E-state index is 8.88. The normalized spacial score (nSPS) is 21.0. The molecule has 2 atom stereocenters. The van der Waals surface area contributed by atoms with Crippen LogP contribution in [0.5, 0.6) is 0 Å². The van der Waals surface area contributed by atoms with Crippen molar-refractivity contribution in [2.45, 2.75) is 38.8 Å². The van der Waals surface area contributed by atoms with Crippen molar-refractivity contribution < 1.29 is 9.84 Å². The smallest absolute Gasteiger partial charge is 0.138 e. The summed E-state index contributed by atoms with van der Waals surface area (Å²) in [5.41, 5.74) is 1.18. The Labute approximate surface area is 141 Å². The van der Waals surface area contributed by atoms with Gasteiger partial charge in [-0.1, -0.05) is 25.4 Å². The molecular formula is C17H22ClN3O2. The minimum atomic E-state index is 0.0515. The molecule has 1 N–H and O–H groups in total. The molecule has 0 amide bonds. The van der Waals surface area contributed by atoms with Gasteiger partial charge in [0, 0.05) is 24.3 Å². The zero-order valence-corrected chi connectivity index (χ0v) is 14.4. The lowest BCUT2D eigenvalue weighted by Crippen LogP contribution is -2.60. The van der Waals surface area contributed by atoms with Crippen molar-refractivity contribution in [3.05, 3.63) is 29.2 Å².